The first-order valence-electron chi connectivity index (χ1n) is 5.03. The summed E-state index contributed by atoms with van der Waals surface area (Å²) in [5.74, 6) is 3.18. The topological polar surface area (TPSA) is 49.2 Å². The van der Waals surface area contributed by atoms with E-state index in [2.05, 4.69) is 15.9 Å². The van der Waals surface area contributed by atoms with Crippen molar-refractivity contribution in [3.05, 3.63) is 17.0 Å². The molecule has 0 atom stereocenters. The monoisotopic (exact) mass is 239 g/mol. The van der Waals surface area contributed by atoms with Gasteiger partial charge < -0.3 is 10.0 Å². The molecule has 0 fully saturated rings. The zero-order chi connectivity index (χ0) is 12.0. The summed E-state index contributed by atoms with van der Waals surface area (Å²) in [5, 5.41) is 9.51. The molecule has 1 N–H and O–H groups in total. The fraction of sp³-hybridized carbons (Fsp3) is 0.455. The van der Waals surface area contributed by atoms with Crippen LogP contribution in [0.5, 0.6) is 0 Å². The predicted molar refractivity (Wildman–Crippen MR) is 64.3 cm³/mol. The maximum absolute atomic E-state index is 9.24. The van der Waals surface area contributed by atoms with Crippen molar-refractivity contribution in [3.8, 4) is 12.3 Å². The number of rotatable bonds is 5. The van der Waals surface area contributed by atoms with Gasteiger partial charge in [0.05, 0.1) is 18.7 Å². The maximum atomic E-state index is 9.24. The van der Waals surface area contributed by atoms with Crippen LogP contribution in [-0.4, -0.2) is 28.2 Å². The van der Waals surface area contributed by atoms with Crippen molar-refractivity contribution in [3.63, 3.8) is 0 Å². The second-order valence-electron chi connectivity index (χ2n) is 3.25. The summed E-state index contributed by atoms with van der Waals surface area (Å²) in [6.07, 6.45) is 7.61. The Morgan fingerprint density at radius 3 is 2.88 bits per heavy atom. The Balaban J connectivity index is 3.08. The number of halogens is 1. The van der Waals surface area contributed by atoms with E-state index in [0.717, 1.165) is 13.0 Å². The lowest BCUT2D eigenvalue weighted by Gasteiger charge is -2.22. The van der Waals surface area contributed by atoms with Gasteiger partial charge in [0.2, 0.25) is 0 Å². The minimum atomic E-state index is -0.195. The summed E-state index contributed by atoms with van der Waals surface area (Å²) in [7, 11) is 0. The number of hydrogen-bond acceptors (Lipinski definition) is 4. The maximum Gasteiger partial charge on any atom is 0.140 e. The fourth-order valence-corrected chi connectivity index (χ4v) is 1.62. The summed E-state index contributed by atoms with van der Waals surface area (Å²) in [6.45, 7) is 3.06. The minimum absolute atomic E-state index is 0.195. The number of nitrogens with zero attached hydrogens (tertiary/aromatic N) is 3. The van der Waals surface area contributed by atoms with Crippen LogP contribution >= 0.6 is 11.6 Å². The van der Waals surface area contributed by atoms with Crippen molar-refractivity contribution in [2.45, 2.75) is 20.0 Å². The molecule has 16 heavy (non-hydrogen) atoms. The molecule has 5 heteroatoms. The summed E-state index contributed by atoms with van der Waals surface area (Å²) in [6, 6.07) is 0. The molecule has 0 saturated heterocycles. The SMILES string of the molecule is C#CCN(CCC)c1ncnc(Cl)c1CO. The van der Waals surface area contributed by atoms with E-state index in [1.54, 1.807) is 0 Å². The van der Waals surface area contributed by atoms with Gasteiger partial charge in [-0.2, -0.15) is 0 Å². The molecule has 1 rings (SSSR count). The molecule has 0 amide bonds. The molecule has 0 bridgehead atoms. The van der Waals surface area contributed by atoms with E-state index in [1.807, 2.05) is 11.8 Å². The third-order valence-electron chi connectivity index (χ3n) is 2.10. The van der Waals surface area contributed by atoms with Crippen molar-refractivity contribution in [2.24, 2.45) is 0 Å². The first-order chi connectivity index (χ1) is 7.74. The lowest BCUT2D eigenvalue weighted by Crippen LogP contribution is -2.26. The highest BCUT2D eigenvalue weighted by Gasteiger charge is 2.14. The normalized spacial score (nSPS) is 9.88. The Morgan fingerprint density at radius 2 is 2.31 bits per heavy atom. The average molecular weight is 240 g/mol. The van der Waals surface area contributed by atoms with E-state index in [0.29, 0.717) is 17.9 Å². The van der Waals surface area contributed by atoms with Gasteiger partial charge in [-0.15, -0.1) is 6.42 Å². The molecule has 1 heterocycles. The van der Waals surface area contributed by atoms with E-state index >= 15 is 0 Å². The second kappa shape index (κ2) is 6.31. The molecule has 1 aromatic heterocycles. The van der Waals surface area contributed by atoms with Gasteiger partial charge in [-0.3, -0.25) is 0 Å². The van der Waals surface area contributed by atoms with Gasteiger partial charge >= 0.3 is 0 Å². The molecule has 86 valence electrons. The highest BCUT2D eigenvalue weighted by molar-refractivity contribution is 6.30. The first-order valence-corrected chi connectivity index (χ1v) is 5.41. The highest BCUT2D eigenvalue weighted by atomic mass is 35.5. The van der Waals surface area contributed by atoms with Crippen molar-refractivity contribution in [2.75, 3.05) is 18.0 Å². The Labute approximate surface area is 100 Å². The number of terminal acetylenes is 1. The van der Waals surface area contributed by atoms with E-state index in [-0.39, 0.29) is 11.8 Å². The van der Waals surface area contributed by atoms with E-state index in [4.69, 9.17) is 18.0 Å². The molecule has 1 aromatic rings. The van der Waals surface area contributed by atoms with Crippen LogP contribution in [0.4, 0.5) is 5.82 Å². The van der Waals surface area contributed by atoms with Crippen LogP contribution in [-0.2, 0) is 6.61 Å². The Hall–Kier alpha value is -1.31. The number of hydrogen-bond donors (Lipinski definition) is 1. The van der Waals surface area contributed by atoms with Crippen molar-refractivity contribution in [1.29, 1.82) is 0 Å². The highest BCUT2D eigenvalue weighted by Crippen LogP contribution is 2.23. The van der Waals surface area contributed by atoms with Crippen molar-refractivity contribution < 1.29 is 5.11 Å². The number of aromatic nitrogens is 2. The molecule has 0 radical (unpaired) electrons. The summed E-state index contributed by atoms with van der Waals surface area (Å²) >= 11 is 5.88. The smallest absolute Gasteiger partial charge is 0.140 e. The first kappa shape index (κ1) is 12.8. The lowest BCUT2D eigenvalue weighted by molar-refractivity contribution is 0.281. The lowest BCUT2D eigenvalue weighted by atomic mass is 10.3. The number of anilines is 1. The molecular weight excluding hydrogens is 226 g/mol. The van der Waals surface area contributed by atoms with Gasteiger partial charge in [0, 0.05) is 6.54 Å². The third-order valence-corrected chi connectivity index (χ3v) is 2.43. The van der Waals surface area contributed by atoms with Crippen LogP contribution in [0.2, 0.25) is 5.15 Å². The molecule has 0 aromatic carbocycles. The van der Waals surface area contributed by atoms with Crippen LogP contribution in [0.15, 0.2) is 6.33 Å². The van der Waals surface area contributed by atoms with Gasteiger partial charge in [-0.1, -0.05) is 24.4 Å². The fourth-order valence-electron chi connectivity index (χ4n) is 1.43. The van der Waals surface area contributed by atoms with Gasteiger partial charge in [0.25, 0.3) is 0 Å². The molecule has 0 unspecified atom stereocenters. The average Bonchev–Trinajstić information content (AvgIpc) is 2.28. The zero-order valence-corrected chi connectivity index (χ0v) is 9.91. The van der Waals surface area contributed by atoms with Gasteiger partial charge in [0.15, 0.2) is 0 Å². The third kappa shape index (κ3) is 2.84. The molecule has 0 saturated carbocycles. The van der Waals surface area contributed by atoms with E-state index in [1.165, 1.54) is 6.33 Å². The predicted octanol–water partition coefficient (Wildman–Crippen LogP) is 1.47. The zero-order valence-electron chi connectivity index (χ0n) is 9.15. The molecule has 0 aliphatic carbocycles. The van der Waals surface area contributed by atoms with Crippen LogP contribution in [0.3, 0.4) is 0 Å². The van der Waals surface area contributed by atoms with Crippen LogP contribution in [0.25, 0.3) is 0 Å². The quantitative estimate of drug-likeness (QED) is 0.625. The number of aliphatic hydroxyl groups is 1. The van der Waals surface area contributed by atoms with Crippen LogP contribution in [0.1, 0.15) is 18.9 Å². The van der Waals surface area contributed by atoms with Gasteiger partial charge in [-0.25, -0.2) is 9.97 Å². The molecule has 0 aliphatic heterocycles. The summed E-state index contributed by atoms with van der Waals surface area (Å²) in [4.78, 5) is 9.85. The van der Waals surface area contributed by atoms with Gasteiger partial charge in [-0.05, 0) is 6.42 Å². The molecular formula is C11H14ClN3O. The molecule has 0 spiro atoms. The summed E-state index contributed by atoms with van der Waals surface area (Å²) < 4.78 is 0. The van der Waals surface area contributed by atoms with E-state index in [9.17, 15) is 5.11 Å². The largest absolute Gasteiger partial charge is 0.391 e. The molecule has 4 nitrogen and oxygen atoms in total. The van der Waals surface area contributed by atoms with Crippen LogP contribution in [0, 0.1) is 12.3 Å². The Morgan fingerprint density at radius 1 is 1.56 bits per heavy atom. The number of aliphatic hydroxyl groups excluding tert-OH is 1. The van der Waals surface area contributed by atoms with Crippen LogP contribution < -0.4 is 4.90 Å². The molecule has 0 aliphatic rings. The van der Waals surface area contributed by atoms with Gasteiger partial charge in [0.1, 0.15) is 17.3 Å². The van der Waals surface area contributed by atoms with E-state index < -0.39 is 0 Å². The Kier molecular flexibility index (Phi) is 5.03. The summed E-state index contributed by atoms with van der Waals surface area (Å²) in [5.41, 5.74) is 0.521. The van der Waals surface area contributed by atoms with Crippen molar-refractivity contribution in [1.82, 2.24) is 9.97 Å². The standard InChI is InChI=1S/C11H14ClN3O/c1-3-5-15(6-4-2)11-9(7-16)10(12)13-8-14-11/h1,8,16H,4-7H2,2H3. The minimum Gasteiger partial charge on any atom is -0.391 e. The van der Waals surface area contributed by atoms with Crippen molar-refractivity contribution >= 4 is 17.4 Å². The Bertz CT molecular complexity index is 389. The second-order valence-corrected chi connectivity index (χ2v) is 3.61.